The molecule has 0 unspecified atom stereocenters. The number of nitrogens with two attached hydrogens (primary N) is 1. The van der Waals surface area contributed by atoms with Gasteiger partial charge in [-0.3, -0.25) is 4.79 Å². The van der Waals surface area contributed by atoms with Gasteiger partial charge in [0, 0.05) is 6.54 Å². The highest BCUT2D eigenvalue weighted by Crippen LogP contribution is 2.65. The van der Waals surface area contributed by atoms with Crippen LogP contribution in [0, 0.1) is 17.3 Å². The summed E-state index contributed by atoms with van der Waals surface area (Å²) < 4.78 is 12.9. The average Bonchev–Trinajstić information content (AvgIpc) is 3.08. The highest BCUT2D eigenvalue weighted by Gasteiger charge is 2.69. The van der Waals surface area contributed by atoms with E-state index in [1.54, 1.807) is 6.92 Å². The van der Waals surface area contributed by atoms with Crippen LogP contribution in [0.4, 0.5) is 0 Å². The zero-order chi connectivity index (χ0) is 16.6. The molecule has 2 saturated heterocycles. The van der Waals surface area contributed by atoms with Gasteiger partial charge in [0.2, 0.25) is 5.91 Å². The first-order valence-corrected chi connectivity index (χ1v) is 9.14. The molecule has 3 saturated carbocycles. The van der Waals surface area contributed by atoms with Crippen molar-refractivity contribution in [2.24, 2.45) is 23.0 Å². The number of halogens is 1. The van der Waals surface area contributed by atoms with Crippen molar-refractivity contribution >= 4 is 25.4 Å². The number of amides is 1. The predicted molar refractivity (Wildman–Crippen MR) is 95.7 cm³/mol. The van der Waals surface area contributed by atoms with Gasteiger partial charge < -0.3 is 19.9 Å². The van der Waals surface area contributed by atoms with Gasteiger partial charge in [-0.05, 0) is 56.8 Å². The second kappa shape index (κ2) is 5.87. The zero-order valence-electron chi connectivity index (χ0n) is 15.2. The number of nitrogens with zero attached hydrogens (tertiary/aromatic N) is 1. The van der Waals surface area contributed by atoms with Gasteiger partial charge in [0.05, 0.1) is 23.7 Å². The summed E-state index contributed by atoms with van der Waals surface area (Å²) in [6.45, 7) is 9.49. The van der Waals surface area contributed by atoms with Crippen molar-refractivity contribution in [1.29, 1.82) is 0 Å². The lowest BCUT2D eigenvalue weighted by Gasteiger charge is -2.64. The molecule has 6 atom stereocenters. The summed E-state index contributed by atoms with van der Waals surface area (Å²) in [6, 6.07) is -0.457. The van der Waals surface area contributed by atoms with E-state index in [9.17, 15) is 4.79 Å². The summed E-state index contributed by atoms with van der Waals surface area (Å²) in [4.78, 5) is 14.3. The summed E-state index contributed by atoms with van der Waals surface area (Å²) in [5.74, 6) is 1.35. The van der Waals surface area contributed by atoms with Gasteiger partial charge in [-0.15, -0.1) is 12.4 Å². The van der Waals surface area contributed by atoms with Gasteiger partial charge in [-0.1, -0.05) is 13.8 Å². The maximum Gasteiger partial charge on any atom is 0.481 e. The van der Waals surface area contributed by atoms with Crippen LogP contribution in [0.25, 0.3) is 0 Å². The van der Waals surface area contributed by atoms with Gasteiger partial charge in [-0.2, -0.15) is 0 Å². The fraction of sp³-hybridized carbons (Fsp3) is 0.941. The van der Waals surface area contributed by atoms with E-state index in [2.05, 4.69) is 20.8 Å². The molecule has 2 heterocycles. The Labute approximate surface area is 151 Å². The molecule has 0 aromatic rings. The molecule has 5 nitrogen and oxygen atoms in total. The van der Waals surface area contributed by atoms with Crippen LogP contribution in [0.5, 0.6) is 0 Å². The van der Waals surface area contributed by atoms with Crippen LogP contribution in [-0.2, 0) is 14.1 Å². The average molecular weight is 357 g/mol. The van der Waals surface area contributed by atoms with E-state index in [0.717, 1.165) is 31.7 Å². The number of hydrogen-bond donors (Lipinski definition) is 1. The van der Waals surface area contributed by atoms with Crippen molar-refractivity contribution in [2.75, 3.05) is 6.54 Å². The molecule has 7 heteroatoms. The van der Waals surface area contributed by atoms with Gasteiger partial charge in [0.15, 0.2) is 0 Å². The molecule has 0 radical (unpaired) electrons. The number of likely N-dealkylation sites (tertiary alicyclic amines) is 1. The zero-order valence-corrected chi connectivity index (χ0v) is 16.0. The first kappa shape index (κ1) is 18.5. The molecule has 0 aromatic heterocycles. The quantitative estimate of drug-likeness (QED) is 0.769. The van der Waals surface area contributed by atoms with E-state index in [1.165, 1.54) is 6.42 Å². The molecular weight excluding hydrogens is 326 g/mol. The maximum absolute atomic E-state index is 12.4. The Morgan fingerprint density at radius 3 is 2.67 bits per heavy atom. The van der Waals surface area contributed by atoms with E-state index in [0.29, 0.717) is 11.3 Å². The van der Waals surface area contributed by atoms with Gasteiger partial charge in [0.25, 0.3) is 0 Å². The fourth-order valence-electron chi connectivity index (χ4n) is 5.67. The second-order valence-corrected chi connectivity index (χ2v) is 8.87. The number of rotatable bonds is 2. The van der Waals surface area contributed by atoms with Crippen LogP contribution in [-0.4, -0.2) is 48.2 Å². The van der Waals surface area contributed by atoms with E-state index in [-0.39, 0.29) is 43.1 Å². The minimum Gasteiger partial charge on any atom is -0.404 e. The molecule has 0 aromatic carbocycles. The Morgan fingerprint density at radius 2 is 2.04 bits per heavy atom. The Kier molecular flexibility index (Phi) is 4.52. The van der Waals surface area contributed by atoms with Crippen LogP contribution in [0.1, 0.15) is 53.4 Å². The van der Waals surface area contributed by atoms with E-state index < -0.39 is 6.04 Å². The van der Waals surface area contributed by atoms with Crippen molar-refractivity contribution in [1.82, 2.24) is 4.90 Å². The first-order chi connectivity index (χ1) is 10.7. The summed E-state index contributed by atoms with van der Waals surface area (Å²) in [7, 11) is -0.287. The van der Waals surface area contributed by atoms with Crippen molar-refractivity contribution in [3.05, 3.63) is 0 Å². The van der Waals surface area contributed by atoms with Crippen LogP contribution in [0.15, 0.2) is 0 Å². The second-order valence-electron chi connectivity index (χ2n) is 8.87. The topological polar surface area (TPSA) is 64.8 Å². The SMILES string of the molecule is C[C@@H](N)C(=O)N1CCC[C@H]1B1O[C@@H]2C[C@@H]3C[C@@H](C3(C)C)[C@]2(C)O1.Cl. The van der Waals surface area contributed by atoms with E-state index in [1.807, 2.05) is 4.90 Å². The third-order valence-electron chi connectivity index (χ3n) is 7.25. The summed E-state index contributed by atoms with van der Waals surface area (Å²) in [6.07, 6.45) is 4.47. The summed E-state index contributed by atoms with van der Waals surface area (Å²) >= 11 is 0. The Morgan fingerprint density at radius 1 is 1.33 bits per heavy atom. The van der Waals surface area contributed by atoms with Crippen LogP contribution in [0.2, 0.25) is 0 Å². The molecule has 2 bridgehead atoms. The molecule has 1 amide bonds. The minimum absolute atomic E-state index is 0. The van der Waals surface area contributed by atoms with Crippen molar-refractivity contribution in [2.45, 2.75) is 77.1 Å². The monoisotopic (exact) mass is 356 g/mol. The van der Waals surface area contributed by atoms with Crippen LogP contribution < -0.4 is 5.73 Å². The predicted octanol–water partition coefficient (Wildman–Crippen LogP) is 2.01. The highest BCUT2D eigenvalue weighted by molar-refractivity contribution is 6.48. The maximum atomic E-state index is 12.4. The third kappa shape index (κ3) is 2.37. The highest BCUT2D eigenvalue weighted by atomic mass is 35.5. The first-order valence-electron chi connectivity index (χ1n) is 9.14. The molecule has 5 rings (SSSR count). The molecule has 3 aliphatic carbocycles. The Bertz CT molecular complexity index is 532. The Hall–Kier alpha value is -0.295. The number of hydrogen-bond acceptors (Lipinski definition) is 4. The van der Waals surface area contributed by atoms with Gasteiger partial charge >= 0.3 is 7.12 Å². The van der Waals surface area contributed by atoms with Gasteiger partial charge in [0.1, 0.15) is 0 Å². The van der Waals surface area contributed by atoms with E-state index >= 15 is 0 Å². The molecular formula is C17H30BClN2O3. The number of carbonyl (C=O) groups is 1. The summed E-state index contributed by atoms with van der Waals surface area (Å²) in [5.41, 5.74) is 5.96. The minimum atomic E-state index is -0.457. The molecule has 24 heavy (non-hydrogen) atoms. The van der Waals surface area contributed by atoms with Crippen molar-refractivity contribution < 1.29 is 14.1 Å². The van der Waals surface area contributed by atoms with Crippen LogP contribution in [0.3, 0.4) is 0 Å². The van der Waals surface area contributed by atoms with Gasteiger partial charge in [-0.25, -0.2) is 0 Å². The van der Waals surface area contributed by atoms with Crippen molar-refractivity contribution in [3.63, 3.8) is 0 Å². The van der Waals surface area contributed by atoms with E-state index in [4.69, 9.17) is 15.0 Å². The largest absolute Gasteiger partial charge is 0.481 e. The lowest BCUT2D eigenvalue weighted by atomic mass is 9.43. The third-order valence-corrected chi connectivity index (χ3v) is 7.25. The standard InChI is InChI=1S/C17H29BN2O3.ClH/c1-10(19)15(21)20-7-5-6-14(20)18-22-13-9-11-8-12(16(11,2)3)17(13,4)23-18;/h10-14H,5-9,19H2,1-4H3;1H/t10-,11+,12+,13-,14+,17+;/m1./s1. The molecule has 2 N–H and O–H groups in total. The normalized spacial score (nSPS) is 43.7. The number of carbonyl (C=O) groups excluding carboxylic acids is 1. The van der Waals surface area contributed by atoms with Crippen molar-refractivity contribution in [3.8, 4) is 0 Å². The lowest BCUT2D eigenvalue weighted by Crippen LogP contribution is -2.65. The molecule has 5 fully saturated rings. The fourth-order valence-corrected chi connectivity index (χ4v) is 5.67. The lowest BCUT2D eigenvalue weighted by molar-refractivity contribution is -0.199. The molecule has 5 aliphatic rings. The van der Waals surface area contributed by atoms with Crippen LogP contribution >= 0.6 is 12.4 Å². The summed E-state index contributed by atoms with van der Waals surface area (Å²) in [5, 5.41) is 0. The Balaban J connectivity index is 0.00000169. The molecule has 2 aliphatic heterocycles. The smallest absolute Gasteiger partial charge is 0.404 e. The molecule has 0 spiro atoms. The molecule has 136 valence electrons.